The van der Waals surface area contributed by atoms with E-state index in [4.69, 9.17) is 22.2 Å². The molecule has 0 aromatic rings. The van der Waals surface area contributed by atoms with Crippen LogP contribution in [0.15, 0.2) is 0 Å². The number of halogens is 2. The zero-order chi connectivity index (χ0) is 9.28. The van der Waals surface area contributed by atoms with Gasteiger partial charge in [-0.3, -0.25) is 0 Å². The lowest BCUT2D eigenvalue weighted by atomic mass is 10.5. The Morgan fingerprint density at radius 3 is 1.18 bits per heavy atom. The number of rotatable bonds is 3. The van der Waals surface area contributed by atoms with E-state index in [1.54, 1.807) is 0 Å². The van der Waals surface area contributed by atoms with Crippen LogP contribution in [-0.2, 0) is 0 Å². The molecule has 1 nitrogen and oxygen atoms in total. The molecule has 0 aromatic carbocycles. The molecule has 0 saturated carbocycles. The molecule has 0 spiro atoms. The fraction of sp³-hybridized carbons (Fsp3) is 1.00. The van der Waals surface area contributed by atoms with Gasteiger partial charge >= 0.3 is 0 Å². The Hall–Kier alpha value is 0.757. The van der Waals surface area contributed by atoms with Gasteiger partial charge in [0.15, 0.2) is 0 Å². The summed E-state index contributed by atoms with van der Waals surface area (Å²) < 4.78 is 0. The summed E-state index contributed by atoms with van der Waals surface area (Å²) in [5.74, 6) is 0. The Balaban J connectivity index is 0. The quantitative estimate of drug-likeness (QED) is 0.518. The Morgan fingerprint density at radius 1 is 1.00 bits per heavy atom. The van der Waals surface area contributed by atoms with Crippen LogP contribution in [0.4, 0.5) is 0 Å². The molecule has 0 N–H and O–H groups in total. The van der Waals surface area contributed by atoms with Crippen LogP contribution in [0, 0.1) is 0 Å². The molecule has 0 fully saturated rings. The van der Waals surface area contributed by atoms with Gasteiger partial charge in [0.25, 0.3) is 0 Å². The van der Waals surface area contributed by atoms with Crippen molar-refractivity contribution in [2.24, 2.45) is 0 Å². The summed E-state index contributed by atoms with van der Waals surface area (Å²) in [6, 6.07) is 0. The van der Waals surface area contributed by atoms with E-state index >= 15 is 0 Å². The van der Waals surface area contributed by atoms with Gasteiger partial charge < -0.3 is 4.90 Å². The van der Waals surface area contributed by atoms with E-state index in [1.165, 1.54) is 19.6 Å². The molecule has 0 bridgehead atoms. The summed E-state index contributed by atoms with van der Waals surface area (Å²) in [6.07, 6.45) is 0. The summed E-state index contributed by atoms with van der Waals surface area (Å²) in [6.45, 7) is 12.0. The lowest BCUT2D eigenvalue weighted by Crippen LogP contribution is -2.21. The van der Waals surface area contributed by atoms with Crippen LogP contribution in [-0.4, -0.2) is 32.0 Å². The predicted octanol–water partition coefficient (Wildman–Crippen LogP) is 2.66. The summed E-state index contributed by atoms with van der Waals surface area (Å²) >= 11 is 10.4. The molecule has 0 unspecified atom stereocenters. The Morgan fingerprint density at radius 2 is 1.18 bits per heavy atom. The fourth-order valence-corrected chi connectivity index (χ4v) is 0.671. The van der Waals surface area contributed by atoms with Gasteiger partial charge in [0.05, 0.1) is 0 Å². The SMILES string of the molecule is CCN(CC)CC.C[SiH](Cl)Cl. The van der Waals surface area contributed by atoms with Gasteiger partial charge in [-0.2, -0.15) is 22.2 Å². The van der Waals surface area contributed by atoms with E-state index in [0.29, 0.717) is 0 Å². The molecule has 0 saturated heterocycles. The molecule has 0 radical (unpaired) electrons. The molecular weight excluding hydrogens is 197 g/mol. The first kappa shape index (κ1) is 14.3. The highest BCUT2D eigenvalue weighted by molar-refractivity contribution is 7.33. The third-order valence-electron chi connectivity index (χ3n) is 1.34. The summed E-state index contributed by atoms with van der Waals surface area (Å²) in [5.41, 5.74) is 0. The Labute approximate surface area is 81.7 Å². The first-order chi connectivity index (χ1) is 5.08. The topological polar surface area (TPSA) is 3.24 Å². The van der Waals surface area contributed by atoms with Gasteiger partial charge in [0.2, 0.25) is 7.42 Å². The zero-order valence-electron chi connectivity index (χ0n) is 7.90. The van der Waals surface area contributed by atoms with Crippen LogP contribution in [0.2, 0.25) is 6.55 Å². The molecule has 0 aliphatic heterocycles. The monoisotopic (exact) mass is 215 g/mol. The van der Waals surface area contributed by atoms with Crippen molar-refractivity contribution in [2.45, 2.75) is 27.3 Å². The largest absolute Gasteiger partial charge is 0.304 e. The van der Waals surface area contributed by atoms with Crippen molar-refractivity contribution in [1.82, 2.24) is 4.90 Å². The van der Waals surface area contributed by atoms with Crippen molar-refractivity contribution < 1.29 is 0 Å². The van der Waals surface area contributed by atoms with E-state index in [1.807, 2.05) is 6.55 Å². The van der Waals surface area contributed by atoms with Crippen molar-refractivity contribution in [2.75, 3.05) is 19.6 Å². The second-order valence-corrected chi connectivity index (χ2v) is 7.77. The van der Waals surface area contributed by atoms with E-state index in [9.17, 15) is 0 Å². The van der Waals surface area contributed by atoms with Crippen LogP contribution in [0.25, 0.3) is 0 Å². The van der Waals surface area contributed by atoms with Crippen LogP contribution >= 0.6 is 22.2 Å². The molecule has 0 heterocycles. The van der Waals surface area contributed by atoms with Crippen LogP contribution in [0.5, 0.6) is 0 Å². The average Bonchev–Trinajstić information content (AvgIpc) is 1.90. The lowest BCUT2D eigenvalue weighted by Gasteiger charge is -2.13. The zero-order valence-corrected chi connectivity index (χ0v) is 10.6. The van der Waals surface area contributed by atoms with E-state index in [-0.39, 0.29) is 0 Å². The van der Waals surface area contributed by atoms with Crippen LogP contribution in [0.3, 0.4) is 0 Å². The molecule has 0 rings (SSSR count). The standard InChI is InChI=1S/C6H15N.CH4Cl2Si/c1-4-7(5-2)6-3;1-4(2)3/h4-6H2,1-3H3;4H,1H3. The first-order valence-corrected chi connectivity index (χ1v) is 8.73. The molecule has 0 amide bonds. The normalized spacial score (nSPS) is 9.82. The third-order valence-corrected chi connectivity index (χ3v) is 1.34. The van der Waals surface area contributed by atoms with Gasteiger partial charge in [-0.1, -0.05) is 20.8 Å². The Bertz CT molecular complexity index is 59.2. The average molecular weight is 216 g/mol. The minimum atomic E-state index is -1.19. The molecule has 4 heteroatoms. The minimum Gasteiger partial charge on any atom is -0.304 e. The molecular formula is C7H19Cl2NSi. The lowest BCUT2D eigenvalue weighted by molar-refractivity contribution is 0.321. The van der Waals surface area contributed by atoms with Crippen molar-refractivity contribution in [3.8, 4) is 0 Å². The molecule has 0 aromatic heterocycles. The van der Waals surface area contributed by atoms with Crippen LogP contribution < -0.4 is 0 Å². The van der Waals surface area contributed by atoms with Gasteiger partial charge in [0, 0.05) is 0 Å². The highest BCUT2D eigenvalue weighted by atomic mass is 35.7. The maximum absolute atomic E-state index is 5.18. The third kappa shape index (κ3) is 18.1. The van der Waals surface area contributed by atoms with E-state index in [2.05, 4.69) is 25.7 Å². The molecule has 11 heavy (non-hydrogen) atoms. The fourth-order valence-electron chi connectivity index (χ4n) is 0.671. The number of nitrogens with zero attached hydrogens (tertiary/aromatic N) is 1. The number of hydrogen-bond acceptors (Lipinski definition) is 1. The maximum atomic E-state index is 5.18. The van der Waals surface area contributed by atoms with E-state index < -0.39 is 7.42 Å². The summed E-state index contributed by atoms with van der Waals surface area (Å²) in [4.78, 5) is 2.38. The molecule has 0 aliphatic rings. The van der Waals surface area contributed by atoms with Crippen molar-refractivity contribution in [1.29, 1.82) is 0 Å². The maximum Gasteiger partial charge on any atom is 0.234 e. The predicted molar refractivity (Wildman–Crippen MR) is 58.2 cm³/mol. The van der Waals surface area contributed by atoms with E-state index in [0.717, 1.165) is 0 Å². The second kappa shape index (κ2) is 10.8. The highest BCUT2D eigenvalue weighted by Crippen LogP contribution is 1.89. The highest BCUT2D eigenvalue weighted by Gasteiger charge is 1.89. The van der Waals surface area contributed by atoms with Crippen LogP contribution in [0.1, 0.15) is 20.8 Å². The van der Waals surface area contributed by atoms with Crippen molar-refractivity contribution in [3.63, 3.8) is 0 Å². The van der Waals surface area contributed by atoms with Crippen molar-refractivity contribution >= 4 is 29.6 Å². The smallest absolute Gasteiger partial charge is 0.234 e. The number of hydrogen-bond donors (Lipinski definition) is 0. The first-order valence-electron chi connectivity index (χ1n) is 4.08. The summed E-state index contributed by atoms with van der Waals surface area (Å²) in [7, 11) is -1.19. The molecule has 0 aliphatic carbocycles. The van der Waals surface area contributed by atoms with Gasteiger partial charge in [-0.25, -0.2) is 0 Å². The van der Waals surface area contributed by atoms with Gasteiger partial charge in [-0.05, 0) is 26.2 Å². The summed E-state index contributed by atoms with van der Waals surface area (Å²) in [5, 5.41) is 0. The van der Waals surface area contributed by atoms with Crippen molar-refractivity contribution in [3.05, 3.63) is 0 Å². The second-order valence-electron chi connectivity index (χ2n) is 2.14. The Kier molecular flexibility index (Phi) is 14.0. The van der Waals surface area contributed by atoms with Gasteiger partial charge in [-0.15, -0.1) is 0 Å². The molecule has 0 atom stereocenters. The van der Waals surface area contributed by atoms with Gasteiger partial charge in [0.1, 0.15) is 0 Å². The minimum absolute atomic E-state index is 1.19. The molecule has 70 valence electrons.